The van der Waals surface area contributed by atoms with Crippen molar-refractivity contribution in [2.75, 3.05) is 45.8 Å². The van der Waals surface area contributed by atoms with E-state index in [1.54, 1.807) is 0 Å². The van der Waals surface area contributed by atoms with Crippen molar-refractivity contribution in [3.8, 4) is 0 Å². The highest BCUT2D eigenvalue weighted by atomic mass is 15.3. The van der Waals surface area contributed by atoms with Gasteiger partial charge < -0.3 is 5.32 Å². The molecule has 0 unspecified atom stereocenters. The summed E-state index contributed by atoms with van der Waals surface area (Å²) in [5.74, 6) is 0.757. The second kappa shape index (κ2) is 6.72. The molecule has 0 bridgehead atoms. The normalized spacial score (nSPS) is 20.1. The van der Waals surface area contributed by atoms with Gasteiger partial charge in [-0.05, 0) is 33.2 Å². The molecule has 0 aromatic heterocycles. The third kappa shape index (κ3) is 5.84. The standard InChI is InChI=1S/C14H31N3/c1-13(2)12-15-6-7-16-8-10-17(11-9-16)14(3,4)5/h13,15H,6-12H2,1-5H3. The van der Waals surface area contributed by atoms with Crippen molar-refractivity contribution in [3.63, 3.8) is 0 Å². The van der Waals surface area contributed by atoms with Crippen LogP contribution < -0.4 is 5.32 Å². The van der Waals surface area contributed by atoms with Gasteiger partial charge in [0.2, 0.25) is 0 Å². The monoisotopic (exact) mass is 241 g/mol. The summed E-state index contributed by atoms with van der Waals surface area (Å²) in [6, 6.07) is 0. The number of hydrogen-bond acceptors (Lipinski definition) is 3. The van der Waals surface area contributed by atoms with E-state index in [4.69, 9.17) is 0 Å². The van der Waals surface area contributed by atoms with Crippen molar-refractivity contribution in [3.05, 3.63) is 0 Å². The third-order valence-electron chi connectivity index (χ3n) is 3.48. The average molecular weight is 241 g/mol. The number of rotatable bonds is 5. The highest BCUT2D eigenvalue weighted by Gasteiger charge is 2.25. The smallest absolute Gasteiger partial charge is 0.0126 e. The SMILES string of the molecule is CC(C)CNCCN1CCN(C(C)(C)C)CC1. The second-order valence-electron chi connectivity index (χ2n) is 6.60. The van der Waals surface area contributed by atoms with Crippen molar-refractivity contribution < 1.29 is 0 Å². The van der Waals surface area contributed by atoms with Crippen LogP contribution in [0.5, 0.6) is 0 Å². The Morgan fingerprint density at radius 1 is 1.06 bits per heavy atom. The molecule has 1 heterocycles. The van der Waals surface area contributed by atoms with E-state index in [1.807, 2.05) is 0 Å². The van der Waals surface area contributed by atoms with Crippen LogP contribution in [0.15, 0.2) is 0 Å². The summed E-state index contributed by atoms with van der Waals surface area (Å²) < 4.78 is 0. The Bertz CT molecular complexity index is 200. The van der Waals surface area contributed by atoms with Gasteiger partial charge in [0.05, 0.1) is 0 Å². The Morgan fingerprint density at radius 3 is 2.12 bits per heavy atom. The summed E-state index contributed by atoms with van der Waals surface area (Å²) >= 11 is 0. The maximum atomic E-state index is 3.52. The molecule has 1 rings (SSSR count). The minimum atomic E-state index is 0.335. The highest BCUT2D eigenvalue weighted by Crippen LogP contribution is 2.15. The maximum Gasteiger partial charge on any atom is 0.0126 e. The lowest BCUT2D eigenvalue weighted by Crippen LogP contribution is -2.54. The van der Waals surface area contributed by atoms with Gasteiger partial charge in [-0.25, -0.2) is 0 Å². The molecule has 3 nitrogen and oxygen atoms in total. The number of nitrogens with zero attached hydrogens (tertiary/aromatic N) is 2. The van der Waals surface area contributed by atoms with E-state index in [0.29, 0.717) is 5.54 Å². The predicted molar refractivity (Wildman–Crippen MR) is 75.5 cm³/mol. The number of nitrogens with one attached hydrogen (secondary N) is 1. The molecule has 1 N–H and O–H groups in total. The van der Waals surface area contributed by atoms with Crippen LogP contribution in [0.1, 0.15) is 34.6 Å². The van der Waals surface area contributed by atoms with Crippen LogP contribution in [0.3, 0.4) is 0 Å². The molecule has 3 heteroatoms. The first kappa shape index (κ1) is 14.9. The Labute approximate surface area is 108 Å². The maximum absolute atomic E-state index is 3.52. The molecule has 0 atom stereocenters. The van der Waals surface area contributed by atoms with Crippen LogP contribution in [0.25, 0.3) is 0 Å². The Balaban J connectivity index is 2.11. The van der Waals surface area contributed by atoms with E-state index in [-0.39, 0.29) is 0 Å². The predicted octanol–water partition coefficient (Wildman–Crippen LogP) is 1.65. The molecule has 102 valence electrons. The van der Waals surface area contributed by atoms with Gasteiger partial charge in [-0.1, -0.05) is 13.8 Å². The lowest BCUT2D eigenvalue weighted by Gasteiger charge is -2.42. The van der Waals surface area contributed by atoms with E-state index in [1.165, 1.54) is 32.7 Å². The van der Waals surface area contributed by atoms with Crippen molar-refractivity contribution in [2.24, 2.45) is 5.92 Å². The zero-order valence-corrected chi connectivity index (χ0v) is 12.4. The molecule has 0 aromatic rings. The lowest BCUT2D eigenvalue weighted by atomic mass is 10.1. The van der Waals surface area contributed by atoms with Crippen molar-refractivity contribution in [1.82, 2.24) is 15.1 Å². The van der Waals surface area contributed by atoms with Crippen LogP contribution in [0.2, 0.25) is 0 Å². The molecule has 1 saturated heterocycles. The molecule has 17 heavy (non-hydrogen) atoms. The summed E-state index contributed by atoms with van der Waals surface area (Å²) in [6.45, 7) is 19.8. The highest BCUT2D eigenvalue weighted by molar-refractivity contribution is 4.81. The van der Waals surface area contributed by atoms with Gasteiger partial charge in [-0.3, -0.25) is 9.80 Å². The number of piperazine rings is 1. The molecular formula is C14H31N3. The molecule has 0 aliphatic carbocycles. The van der Waals surface area contributed by atoms with Crippen LogP contribution in [-0.4, -0.2) is 61.2 Å². The molecule has 1 aliphatic rings. The van der Waals surface area contributed by atoms with Crippen LogP contribution in [-0.2, 0) is 0 Å². The van der Waals surface area contributed by atoms with Gasteiger partial charge in [0, 0.05) is 44.8 Å². The number of hydrogen-bond donors (Lipinski definition) is 1. The van der Waals surface area contributed by atoms with E-state index in [0.717, 1.165) is 19.0 Å². The summed E-state index contributed by atoms with van der Waals surface area (Å²) in [5, 5.41) is 3.52. The van der Waals surface area contributed by atoms with E-state index in [2.05, 4.69) is 49.7 Å². The Kier molecular flexibility index (Phi) is 5.90. The first-order chi connectivity index (χ1) is 7.89. The minimum absolute atomic E-state index is 0.335. The van der Waals surface area contributed by atoms with E-state index in [9.17, 15) is 0 Å². The summed E-state index contributed by atoms with van der Waals surface area (Å²) in [6.07, 6.45) is 0. The van der Waals surface area contributed by atoms with Crippen molar-refractivity contribution >= 4 is 0 Å². The third-order valence-corrected chi connectivity index (χ3v) is 3.48. The Morgan fingerprint density at radius 2 is 1.65 bits per heavy atom. The average Bonchev–Trinajstić information content (AvgIpc) is 2.23. The van der Waals surface area contributed by atoms with Gasteiger partial charge in [0.25, 0.3) is 0 Å². The largest absolute Gasteiger partial charge is 0.315 e. The molecule has 0 amide bonds. The quantitative estimate of drug-likeness (QED) is 0.738. The zero-order chi connectivity index (χ0) is 12.9. The lowest BCUT2D eigenvalue weighted by molar-refractivity contribution is 0.0627. The van der Waals surface area contributed by atoms with Crippen LogP contribution in [0.4, 0.5) is 0 Å². The molecule has 0 saturated carbocycles. The molecule has 1 aliphatic heterocycles. The van der Waals surface area contributed by atoms with Crippen LogP contribution in [0, 0.1) is 5.92 Å². The zero-order valence-electron chi connectivity index (χ0n) is 12.4. The van der Waals surface area contributed by atoms with Crippen LogP contribution >= 0.6 is 0 Å². The minimum Gasteiger partial charge on any atom is -0.315 e. The van der Waals surface area contributed by atoms with Crippen molar-refractivity contribution in [2.45, 2.75) is 40.2 Å². The molecular weight excluding hydrogens is 210 g/mol. The fourth-order valence-corrected chi connectivity index (χ4v) is 2.27. The second-order valence-corrected chi connectivity index (χ2v) is 6.60. The topological polar surface area (TPSA) is 18.5 Å². The summed E-state index contributed by atoms with van der Waals surface area (Å²) in [4.78, 5) is 5.17. The van der Waals surface area contributed by atoms with Gasteiger partial charge in [-0.15, -0.1) is 0 Å². The van der Waals surface area contributed by atoms with Gasteiger partial charge in [0.15, 0.2) is 0 Å². The summed E-state index contributed by atoms with van der Waals surface area (Å²) in [5.41, 5.74) is 0.335. The first-order valence-electron chi connectivity index (χ1n) is 7.07. The van der Waals surface area contributed by atoms with Gasteiger partial charge in [-0.2, -0.15) is 0 Å². The fourth-order valence-electron chi connectivity index (χ4n) is 2.27. The molecule has 1 fully saturated rings. The summed E-state index contributed by atoms with van der Waals surface area (Å²) in [7, 11) is 0. The Hall–Kier alpha value is -0.120. The van der Waals surface area contributed by atoms with Crippen molar-refractivity contribution in [1.29, 1.82) is 0 Å². The van der Waals surface area contributed by atoms with E-state index >= 15 is 0 Å². The first-order valence-corrected chi connectivity index (χ1v) is 7.07. The molecule has 0 spiro atoms. The fraction of sp³-hybridized carbons (Fsp3) is 1.00. The van der Waals surface area contributed by atoms with Gasteiger partial charge in [0.1, 0.15) is 0 Å². The molecule has 0 radical (unpaired) electrons. The molecule has 0 aromatic carbocycles. The van der Waals surface area contributed by atoms with E-state index < -0.39 is 0 Å². The van der Waals surface area contributed by atoms with Gasteiger partial charge >= 0.3 is 0 Å².